The highest BCUT2D eigenvalue weighted by molar-refractivity contribution is 9.10. The number of rotatable bonds is 2. The molecule has 4 nitrogen and oxygen atoms in total. The second-order valence-electron chi connectivity index (χ2n) is 4.92. The minimum absolute atomic E-state index is 0.212. The SMILES string of the molecule is Cc1ccc(-c2noc(C3CCCCN3)n2)cc1Br. The zero-order chi connectivity index (χ0) is 13.2. The van der Waals surface area contributed by atoms with Crippen LogP contribution in [0.4, 0.5) is 0 Å². The molecule has 0 saturated carbocycles. The van der Waals surface area contributed by atoms with Crippen LogP contribution in [0.15, 0.2) is 27.2 Å². The quantitative estimate of drug-likeness (QED) is 0.917. The van der Waals surface area contributed by atoms with Crippen molar-refractivity contribution in [2.24, 2.45) is 0 Å². The smallest absolute Gasteiger partial charge is 0.244 e. The van der Waals surface area contributed by atoms with E-state index >= 15 is 0 Å². The lowest BCUT2D eigenvalue weighted by Crippen LogP contribution is -2.26. The fourth-order valence-corrected chi connectivity index (χ4v) is 2.67. The van der Waals surface area contributed by atoms with Crippen molar-refractivity contribution in [3.63, 3.8) is 0 Å². The molecule has 1 N–H and O–H groups in total. The van der Waals surface area contributed by atoms with Crippen molar-refractivity contribution in [2.45, 2.75) is 32.2 Å². The summed E-state index contributed by atoms with van der Waals surface area (Å²) in [5.41, 5.74) is 2.17. The molecule has 1 aliphatic heterocycles. The van der Waals surface area contributed by atoms with Crippen LogP contribution in [0.2, 0.25) is 0 Å². The molecule has 1 fully saturated rings. The minimum Gasteiger partial charge on any atom is -0.337 e. The molecule has 0 amide bonds. The van der Waals surface area contributed by atoms with Gasteiger partial charge in [-0.3, -0.25) is 0 Å². The molecule has 1 saturated heterocycles. The van der Waals surface area contributed by atoms with E-state index in [1.807, 2.05) is 18.2 Å². The van der Waals surface area contributed by atoms with Crippen LogP contribution in [-0.2, 0) is 0 Å². The molecule has 0 bridgehead atoms. The van der Waals surface area contributed by atoms with Gasteiger partial charge in [-0.2, -0.15) is 4.98 Å². The Hall–Kier alpha value is -1.20. The summed E-state index contributed by atoms with van der Waals surface area (Å²) in [5.74, 6) is 1.36. The maximum Gasteiger partial charge on any atom is 0.244 e. The number of aromatic nitrogens is 2. The topological polar surface area (TPSA) is 51.0 Å². The Labute approximate surface area is 120 Å². The first kappa shape index (κ1) is 12.8. The van der Waals surface area contributed by atoms with E-state index in [1.54, 1.807) is 0 Å². The first-order valence-electron chi connectivity index (χ1n) is 6.57. The number of nitrogens with one attached hydrogen (secondary N) is 1. The molecule has 1 aromatic heterocycles. The van der Waals surface area contributed by atoms with Crippen LogP contribution in [0.25, 0.3) is 11.4 Å². The molecule has 1 aromatic carbocycles. The molecule has 19 heavy (non-hydrogen) atoms. The van der Waals surface area contributed by atoms with E-state index in [1.165, 1.54) is 18.4 Å². The zero-order valence-corrected chi connectivity index (χ0v) is 12.4. The summed E-state index contributed by atoms with van der Waals surface area (Å²) < 4.78 is 6.45. The summed E-state index contributed by atoms with van der Waals surface area (Å²) in [4.78, 5) is 4.51. The molecule has 0 aliphatic carbocycles. The first-order chi connectivity index (χ1) is 9.24. The van der Waals surface area contributed by atoms with Gasteiger partial charge in [-0.15, -0.1) is 0 Å². The molecule has 5 heteroatoms. The highest BCUT2D eigenvalue weighted by Gasteiger charge is 2.21. The van der Waals surface area contributed by atoms with Crippen LogP contribution < -0.4 is 5.32 Å². The number of hydrogen-bond acceptors (Lipinski definition) is 4. The predicted octanol–water partition coefficient (Wildman–Crippen LogP) is 3.62. The average Bonchev–Trinajstić information content (AvgIpc) is 2.93. The second kappa shape index (κ2) is 5.43. The third-order valence-corrected chi connectivity index (χ3v) is 4.33. The van der Waals surface area contributed by atoms with Crippen LogP contribution in [-0.4, -0.2) is 16.7 Å². The largest absolute Gasteiger partial charge is 0.337 e. The summed E-state index contributed by atoms with van der Waals surface area (Å²) in [5, 5.41) is 7.50. The summed E-state index contributed by atoms with van der Waals surface area (Å²) in [6.07, 6.45) is 3.51. The van der Waals surface area contributed by atoms with E-state index in [0.29, 0.717) is 11.7 Å². The molecular formula is C14H16BrN3O. The first-order valence-corrected chi connectivity index (χ1v) is 7.37. The van der Waals surface area contributed by atoms with Crippen LogP contribution >= 0.6 is 15.9 Å². The maximum atomic E-state index is 5.39. The van der Waals surface area contributed by atoms with Gasteiger partial charge >= 0.3 is 0 Å². The average molecular weight is 322 g/mol. The van der Waals surface area contributed by atoms with Crippen molar-refractivity contribution in [3.8, 4) is 11.4 Å². The Kier molecular flexibility index (Phi) is 3.66. The predicted molar refractivity (Wildman–Crippen MR) is 76.8 cm³/mol. The Morgan fingerprint density at radius 1 is 1.37 bits per heavy atom. The van der Waals surface area contributed by atoms with E-state index in [-0.39, 0.29) is 6.04 Å². The van der Waals surface area contributed by atoms with Gasteiger partial charge < -0.3 is 9.84 Å². The van der Waals surface area contributed by atoms with Crippen molar-refractivity contribution < 1.29 is 4.52 Å². The summed E-state index contributed by atoms with van der Waals surface area (Å²) in [6, 6.07) is 6.30. The fourth-order valence-electron chi connectivity index (χ4n) is 2.29. The molecule has 1 unspecified atom stereocenters. The van der Waals surface area contributed by atoms with Gasteiger partial charge in [0.1, 0.15) is 0 Å². The molecule has 0 spiro atoms. The molecule has 0 radical (unpaired) electrons. The van der Waals surface area contributed by atoms with Gasteiger partial charge in [-0.05, 0) is 37.9 Å². The molecule has 1 aliphatic rings. The Balaban J connectivity index is 1.85. The van der Waals surface area contributed by atoms with Gasteiger partial charge in [0.2, 0.25) is 11.7 Å². The standard InChI is InChI=1S/C14H16BrN3O/c1-9-5-6-10(8-11(9)15)13-17-14(19-18-13)12-4-2-3-7-16-12/h5-6,8,12,16H,2-4,7H2,1H3. The maximum absolute atomic E-state index is 5.39. The van der Waals surface area contributed by atoms with E-state index in [0.717, 1.165) is 23.0 Å². The third kappa shape index (κ3) is 2.72. The van der Waals surface area contributed by atoms with E-state index < -0.39 is 0 Å². The number of piperidine rings is 1. The Bertz CT molecular complexity index is 576. The van der Waals surface area contributed by atoms with Crippen molar-refractivity contribution in [1.29, 1.82) is 0 Å². The van der Waals surface area contributed by atoms with Gasteiger partial charge in [0.25, 0.3) is 0 Å². The van der Waals surface area contributed by atoms with E-state index in [4.69, 9.17) is 4.52 Å². The van der Waals surface area contributed by atoms with Crippen molar-refractivity contribution in [3.05, 3.63) is 34.1 Å². The normalized spacial score (nSPS) is 19.6. The lowest BCUT2D eigenvalue weighted by Gasteiger charge is -2.19. The van der Waals surface area contributed by atoms with E-state index in [9.17, 15) is 0 Å². The number of nitrogens with zero attached hydrogens (tertiary/aromatic N) is 2. The summed E-state index contributed by atoms with van der Waals surface area (Å²) >= 11 is 3.53. The van der Waals surface area contributed by atoms with Gasteiger partial charge in [-0.25, -0.2) is 0 Å². The molecule has 2 aromatic rings. The highest BCUT2D eigenvalue weighted by atomic mass is 79.9. The van der Waals surface area contributed by atoms with Crippen molar-refractivity contribution in [1.82, 2.24) is 15.5 Å². The number of halogens is 1. The monoisotopic (exact) mass is 321 g/mol. The van der Waals surface area contributed by atoms with Gasteiger partial charge in [-0.1, -0.05) is 39.6 Å². The van der Waals surface area contributed by atoms with E-state index in [2.05, 4.69) is 38.3 Å². The zero-order valence-electron chi connectivity index (χ0n) is 10.8. The van der Waals surface area contributed by atoms with Crippen LogP contribution in [0.1, 0.15) is 36.8 Å². The van der Waals surface area contributed by atoms with Gasteiger partial charge in [0.05, 0.1) is 6.04 Å². The van der Waals surface area contributed by atoms with Crippen molar-refractivity contribution >= 4 is 15.9 Å². The summed E-state index contributed by atoms with van der Waals surface area (Å²) in [7, 11) is 0. The molecule has 1 atom stereocenters. The Morgan fingerprint density at radius 3 is 3.00 bits per heavy atom. The third-order valence-electron chi connectivity index (χ3n) is 3.48. The van der Waals surface area contributed by atoms with Gasteiger partial charge in [0.15, 0.2) is 0 Å². The van der Waals surface area contributed by atoms with Crippen LogP contribution in [0, 0.1) is 6.92 Å². The lowest BCUT2D eigenvalue weighted by atomic mass is 10.1. The minimum atomic E-state index is 0.212. The molecular weight excluding hydrogens is 306 g/mol. The fraction of sp³-hybridized carbons (Fsp3) is 0.429. The highest BCUT2D eigenvalue weighted by Crippen LogP contribution is 2.26. The van der Waals surface area contributed by atoms with Crippen LogP contribution in [0.5, 0.6) is 0 Å². The van der Waals surface area contributed by atoms with Crippen molar-refractivity contribution in [2.75, 3.05) is 6.54 Å². The second-order valence-corrected chi connectivity index (χ2v) is 5.78. The number of benzene rings is 1. The number of hydrogen-bond donors (Lipinski definition) is 1. The molecule has 3 rings (SSSR count). The Morgan fingerprint density at radius 2 is 2.26 bits per heavy atom. The molecule has 2 heterocycles. The summed E-state index contributed by atoms with van der Waals surface area (Å²) in [6.45, 7) is 3.08. The van der Waals surface area contributed by atoms with Crippen LogP contribution in [0.3, 0.4) is 0 Å². The molecule has 100 valence electrons. The number of aryl methyl sites for hydroxylation is 1. The lowest BCUT2D eigenvalue weighted by molar-refractivity contribution is 0.297. The van der Waals surface area contributed by atoms with Gasteiger partial charge in [0, 0.05) is 10.0 Å².